The molecular weight excluding hydrogens is 333 g/mol. The zero-order chi connectivity index (χ0) is 17.9. The Labute approximate surface area is 151 Å². The van der Waals surface area contributed by atoms with Gasteiger partial charge in [0.1, 0.15) is 11.6 Å². The van der Waals surface area contributed by atoms with Crippen molar-refractivity contribution in [3.63, 3.8) is 0 Å². The molecule has 1 aliphatic rings. The molecule has 0 spiro atoms. The third-order valence-corrected chi connectivity index (χ3v) is 4.71. The van der Waals surface area contributed by atoms with Crippen molar-refractivity contribution in [1.29, 1.82) is 0 Å². The number of fused-ring (bicyclic) bond motifs is 1. The first-order chi connectivity index (χ1) is 12.7. The maximum absolute atomic E-state index is 13.3. The first-order valence-corrected chi connectivity index (χ1v) is 8.64. The summed E-state index contributed by atoms with van der Waals surface area (Å²) in [5.41, 5.74) is 2.09. The molecule has 0 fully saturated rings. The normalized spacial score (nSPS) is 17.0. The molecule has 0 unspecified atom stereocenters. The van der Waals surface area contributed by atoms with Crippen LogP contribution in [0.15, 0.2) is 65.4 Å². The Bertz CT molecular complexity index is 871. The van der Waals surface area contributed by atoms with Crippen LogP contribution in [0, 0.1) is 5.82 Å². The van der Waals surface area contributed by atoms with Crippen LogP contribution < -0.4 is 5.32 Å². The molecule has 1 aromatic carbocycles. The largest absolute Gasteiger partial charge is 0.467 e. The van der Waals surface area contributed by atoms with Crippen LogP contribution in [0.25, 0.3) is 0 Å². The lowest BCUT2D eigenvalue weighted by atomic mass is 10.00. The SMILES string of the molecule is O=C(CN1CCn2cccc2[C@H]1c1ccc(F)cc1)NCc1ccco1. The minimum Gasteiger partial charge on any atom is -0.467 e. The highest BCUT2D eigenvalue weighted by molar-refractivity contribution is 5.78. The van der Waals surface area contributed by atoms with E-state index < -0.39 is 0 Å². The van der Waals surface area contributed by atoms with Gasteiger partial charge in [-0.25, -0.2) is 4.39 Å². The van der Waals surface area contributed by atoms with E-state index >= 15 is 0 Å². The van der Waals surface area contributed by atoms with Gasteiger partial charge in [0.05, 0.1) is 25.4 Å². The molecule has 0 saturated carbocycles. The van der Waals surface area contributed by atoms with E-state index in [2.05, 4.69) is 20.9 Å². The second kappa shape index (κ2) is 7.17. The molecule has 0 bridgehead atoms. The van der Waals surface area contributed by atoms with E-state index in [1.54, 1.807) is 24.5 Å². The summed E-state index contributed by atoms with van der Waals surface area (Å²) in [4.78, 5) is 14.6. The molecule has 0 saturated heterocycles. The Morgan fingerprint density at radius 3 is 2.77 bits per heavy atom. The second-order valence-corrected chi connectivity index (χ2v) is 6.41. The summed E-state index contributed by atoms with van der Waals surface area (Å²) in [6.07, 6.45) is 3.63. The summed E-state index contributed by atoms with van der Waals surface area (Å²) < 4.78 is 20.8. The summed E-state index contributed by atoms with van der Waals surface area (Å²) in [6.45, 7) is 2.22. The number of nitrogens with one attached hydrogen (secondary N) is 1. The van der Waals surface area contributed by atoms with E-state index in [1.165, 1.54) is 12.1 Å². The molecule has 1 aliphatic heterocycles. The first kappa shape index (κ1) is 16.6. The van der Waals surface area contributed by atoms with Crippen molar-refractivity contribution >= 4 is 5.91 Å². The highest BCUT2D eigenvalue weighted by atomic mass is 19.1. The average Bonchev–Trinajstić information content (AvgIpc) is 3.32. The number of rotatable bonds is 5. The average molecular weight is 353 g/mol. The number of hydrogen-bond acceptors (Lipinski definition) is 3. The lowest BCUT2D eigenvalue weighted by molar-refractivity contribution is -0.123. The van der Waals surface area contributed by atoms with Crippen LogP contribution in [-0.4, -0.2) is 28.5 Å². The van der Waals surface area contributed by atoms with Gasteiger partial charge in [-0.15, -0.1) is 0 Å². The zero-order valence-electron chi connectivity index (χ0n) is 14.3. The first-order valence-electron chi connectivity index (χ1n) is 8.64. The van der Waals surface area contributed by atoms with Gasteiger partial charge in [0.15, 0.2) is 0 Å². The fourth-order valence-electron chi connectivity index (χ4n) is 3.47. The quantitative estimate of drug-likeness (QED) is 0.767. The third kappa shape index (κ3) is 3.41. The molecule has 1 amide bonds. The van der Waals surface area contributed by atoms with Gasteiger partial charge >= 0.3 is 0 Å². The Morgan fingerprint density at radius 2 is 2.00 bits per heavy atom. The second-order valence-electron chi connectivity index (χ2n) is 6.41. The van der Waals surface area contributed by atoms with Crippen molar-refractivity contribution in [2.24, 2.45) is 0 Å². The molecule has 5 nitrogen and oxygen atoms in total. The van der Waals surface area contributed by atoms with Gasteiger partial charge < -0.3 is 14.3 Å². The maximum atomic E-state index is 13.3. The van der Waals surface area contributed by atoms with Gasteiger partial charge in [-0.1, -0.05) is 12.1 Å². The van der Waals surface area contributed by atoms with Crippen molar-refractivity contribution in [3.8, 4) is 0 Å². The molecule has 1 atom stereocenters. The van der Waals surface area contributed by atoms with Crippen LogP contribution in [0.5, 0.6) is 0 Å². The van der Waals surface area contributed by atoms with E-state index in [0.717, 1.165) is 30.1 Å². The predicted octanol–water partition coefficient (Wildman–Crippen LogP) is 2.94. The minimum atomic E-state index is -0.261. The maximum Gasteiger partial charge on any atom is 0.234 e. The molecule has 3 heterocycles. The van der Waals surface area contributed by atoms with Gasteiger partial charge in [-0.3, -0.25) is 9.69 Å². The number of carbonyl (C=O) groups is 1. The van der Waals surface area contributed by atoms with Gasteiger partial charge in [0.25, 0.3) is 0 Å². The van der Waals surface area contributed by atoms with Crippen molar-refractivity contribution in [2.45, 2.75) is 19.1 Å². The Balaban J connectivity index is 1.52. The van der Waals surface area contributed by atoms with Crippen molar-refractivity contribution in [2.75, 3.05) is 13.1 Å². The van der Waals surface area contributed by atoms with Crippen molar-refractivity contribution < 1.29 is 13.6 Å². The molecule has 6 heteroatoms. The fraction of sp³-hybridized carbons (Fsp3) is 0.250. The van der Waals surface area contributed by atoms with Crippen molar-refractivity contribution in [1.82, 2.24) is 14.8 Å². The smallest absolute Gasteiger partial charge is 0.234 e. The number of hydrogen-bond donors (Lipinski definition) is 1. The molecule has 0 aliphatic carbocycles. The van der Waals surface area contributed by atoms with E-state index in [4.69, 9.17) is 4.42 Å². The number of halogens is 1. The standard InChI is InChI=1S/C20H20FN3O2/c21-16-7-5-15(6-8-16)20-18-4-1-9-23(18)10-11-24(20)14-19(25)22-13-17-3-2-12-26-17/h1-9,12,20H,10-11,13-14H2,(H,22,25)/t20-/m1/s1. The van der Waals surface area contributed by atoms with E-state index in [9.17, 15) is 9.18 Å². The lowest BCUT2D eigenvalue weighted by Crippen LogP contribution is -2.44. The number of nitrogens with zero attached hydrogens (tertiary/aromatic N) is 2. The Hall–Kier alpha value is -2.86. The number of aromatic nitrogens is 1. The third-order valence-electron chi connectivity index (χ3n) is 4.71. The van der Waals surface area contributed by atoms with Gasteiger partial charge in [-0.2, -0.15) is 0 Å². The molecule has 26 heavy (non-hydrogen) atoms. The van der Waals surface area contributed by atoms with Gasteiger partial charge in [0, 0.05) is 25.0 Å². The summed E-state index contributed by atoms with van der Waals surface area (Å²) in [5.74, 6) is 0.400. The fourth-order valence-corrected chi connectivity index (χ4v) is 3.47. The predicted molar refractivity (Wildman–Crippen MR) is 94.8 cm³/mol. The molecule has 2 aromatic heterocycles. The van der Waals surface area contributed by atoms with E-state index in [-0.39, 0.29) is 24.3 Å². The minimum absolute atomic E-state index is 0.0616. The molecule has 3 aromatic rings. The number of carbonyl (C=O) groups excluding carboxylic acids is 1. The molecule has 1 N–H and O–H groups in total. The number of benzene rings is 1. The topological polar surface area (TPSA) is 50.4 Å². The van der Waals surface area contributed by atoms with Crippen LogP contribution >= 0.6 is 0 Å². The van der Waals surface area contributed by atoms with Crippen LogP contribution in [0.4, 0.5) is 4.39 Å². The number of furan rings is 1. The summed E-state index contributed by atoms with van der Waals surface area (Å²) >= 11 is 0. The van der Waals surface area contributed by atoms with Crippen LogP contribution in [0.2, 0.25) is 0 Å². The van der Waals surface area contributed by atoms with Crippen LogP contribution in [-0.2, 0) is 17.9 Å². The van der Waals surface area contributed by atoms with Crippen LogP contribution in [0.1, 0.15) is 23.1 Å². The van der Waals surface area contributed by atoms with E-state index in [1.807, 2.05) is 18.3 Å². The molecule has 4 rings (SSSR count). The molecule has 134 valence electrons. The van der Waals surface area contributed by atoms with E-state index in [0.29, 0.717) is 6.54 Å². The number of amides is 1. The summed E-state index contributed by atoms with van der Waals surface area (Å²) in [6, 6.07) is 14.1. The zero-order valence-corrected chi connectivity index (χ0v) is 14.3. The lowest BCUT2D eigenvalue weighted by Gasteiger charge is -2.36. The molecule has 0 radical (unpaired) electrons. The summed E-state index contributed by atoms with van der Waals surface area (Å²) in [5, 5.41) is 2.89. The monoisotopic (exact) mass is 353 g/mol. The Kier molecular flexibility index (Phi) is 4.58. The van der Waals surface area contributed by atoms with Crippen LogP contribution in [0.3, 0.4) is 0 Å². The summed E-state index contributed by atoms with van der Waals surface area (Å²) in [7, 11) is 0. The van der Waals surface area contributed by atoms with Crippen molar-refractivity contribution in [3.05, 3.63) is 83.8 Å². The Morgan fingerprint density at radius 1 is 1.15 bits per heavy atom. The van der Waals surface area contributed by atoms with Gasteiger partial charge in [-0.05, 0) is 42.0 Å². The van der Waals surface area contributed by atoms with Gasteiger partial charge in [0.2, 0.25) is 5.91 Å². The highest BCUT2D eigenvalue weighted by Gasteiger charge is 2.30. The molecular formula is C20H20FN3O2. The highest BCUT2D eigenvalue weighted by Crippen LogP contribution is 2.32.